The monoisotopic (exact) mass is 358 g/mol. The molecule has 7 heteroatoms. The molecule has 0 radical (unpaired) electrons. The van der Waals surface area contributed by atoms with Crippen LogP contribution in [0.15, 0.2) is 28.8 Å². The van der Waals surface area contributed by atoms with Crippen molar-refractivity contribution < 1.29 is 14.4 Å². The van der Waals surface area contributed by atoms with Gasteiger partial charge in [-0.05, 0) is 49.8 Å². The van der Waals surface area contributed by atoms with E-state index in [1.807, 2.05) is 24.0 Å². The number of benzene rings is 1. The van der Waals surface area contributed by atoms with Gasteiger partial charge in [-0.3, -0.25) is 0 Å². The van der Waals surface area contributed by atoms with E-state index in [9.17, 15) is 9.90 Å². The van der Waals surface area contributed by atoms with Crippen LogP contribution in [-0.4, -0.2) is 45.3 Å². The Morgan fingerprint density at radius 1 is 1.42 bits per heavy atom. The van der Waals surface area contributed by atoms with E-state index in [2.05, 4.69) is 15.5 Å². The van der Waals surface area contributed by atoms with Crippen molar-refractivity contribution in [3.8, 4) is 5.75 Å². The Hall–Kier alpha value is -2.57. The van der Waals surface area contributed by atoms with Crippen LogP contribution >= 0.6 is 0 Å². The number of aryl methyl sites for hydroxylation is 1. The number of hydrogen-bond acceptors (Lipinski definition) is 5. The fourth-order valence-electron chi connectivity index (χ4n) is 3.44. The largest absolute Gasteiger partial charge is 0.508 e. The number of phenolic OH excluding ortho intramolecular Hbond substituents is 1. The predicted octanol–water partition coefficient (Wildman–Crippen LogP) is 2.68. The summed E-state index contributed by atoms with van der Waals surface area (Å²) in [7, 11) is 0. The molecule has 26 heavy (non-hydrogen) atoms. The van der Waals surface area contributed by atoms with Gasteiger partial charge in [0, 0.05) is 32.5 Å². The number of hydrogen-bond donors (Lipinski definition) is 2. The lowest BCUT2D eigenvalue weighted by atomic mass is 9.94. The van der Waals surface area contributed by atoms with E-state index in [0.29, 0.717) is 18.4 Å². The molecule has 2 heterocycles. The first-order chi connectivity index (χ1) is 12.5. The Morgan fingerprint density at radius 2 is 2.19 bits per heavy atom. The Kier molecular flexibility index (Phi) is 5.75. The van der Waals surface area contributed by atoms with Crippen LogP contribution in [0.5, 0.6) is 5.75 Å². The van der Waals surface area contributed by atoms with Crippen molar-refractivity contribution in [1.29, 1.82) is 0 Å². The third kappa shape index (κ3) is 4.97. The average Bonchev–Trinajstić information content (AvgIpc) is 3.02. The molecule has 2 aromatic rings. The maximum atomic E-state index is 12.6. The second-order valence-corrected chi connectivity index (χ2v) is 7.11. The van der Waals surface area contributed by atoms with Gasteiger partial charge in [-0.2, -0.15) is 4.98 Å². The molecule has 2 amide bonds. The normalized spacial score (nSPS) is 18.5. The SMILES string of the molecule is Cc1nc(CC2CCCN(C(=O)NC(C)Cc3ccc(O)cc3)C2)no1. The van der Waals surface area contributed by atoms with Crippen LogP contribution in [0.4, 0.5) is 4.79 Å². The van der Waals surface area contributed by atoms with E-state index in [1.54, 1.807) is 19.1 Å². The lowest BCUT2D eigenvalue weighted by Crippen LogP contribution is -2.48. The summed E-state index contributed by atoms with van der Waals surface area (Å²) in [6.45, 7) is 5.27. The molecule has 2 N–H and O–H groups in total. The Balaban J connectivity index is 1.49. The molecule has 0 saturated carbocycles. The van der Waals surface area contributed by atoms with Crippen LogP contribution in [-0.2, 0) is 12.8 Å². The highest BCUT2D eigenvalue weighted by Gasteiger charge is 2.25. The summed E-state index contributed by atoms with van der Waals surface area (Å²) in [6.07, 6.45) is 3.53. The highest BCUT2D eigenvalue weighted by molar-refractivity contribution is 5.74. The van der Waals surface area contributed by atoms with Crippen molar-refractivity contribution in [2.24, 2.45) is 5.92 Å². The summed E-state index contributed by atoms with van der Waals surface area (Å²) >= 11 is 0. The highest BCUT2D eigenvalue weighted by atomic mass is 16.5. The molecule has 2 unspecified atom stereocenters. The van der Waals surface area contributed by atoms with Gasteiger partial charge in [0.1, 0.15) is 5.75 Å². The third-order valence-corrected chi connectivity index (χ3v) is 4.70. The number of likely N-dealkylation sites (tertiary alicyclic amines) is 1. The van der Waals surface area contributed by atoms with Crippen molar-refractivity contribution in [3.05, 3.63) is 41.5 Å². The molecule has 0 aliphatic carbocycles. The first-order valence-electron chi connectivity index (χ1n) is 9.12. The molecule has 3 rings (SSSR count). The van der Waals surface area contributed by atoms with Crippen LogP contribution in [0, 0.1) is 12.8 Å². The lowest BCUT2D eigenvalue weighted by Gasteiger charge is -2.33. The van der Waals surface area contributed by atoms with Crippen LogP contribution in [0.1, 0.15) is 37.0 Å². The Morgan fingerprint density at radius 3 is 2.88 bits per heavy atom. The zero-order valence-electron chi connectivity index (χ0n) is 15.3. The van der Waals surface area contributed by atoms with E-state index < -0.39 is 0 Å². The first-order valence-corrected chi connectivity index (χ1v) is 9.12. The van der Waals surface area contributed by atoms with Gasteiger partial charge in [0.15, 0.2) is 5.82 Å². The molecular formula is C19H26N4O3. The minimum absolute atomic E-state index is 0.0206. The highest BCUT2D eigenvalue weighted by Crippen LogP contribution is 2.20. The molecule has 1 aromatic heterocycles. The van der Waals surface area contributed by atoms with Gasteiger partial charge in [0.05, 0.1) is 0 Å². The van der Waals surface area contributed by atoms with Crippen LogP contribution < -0.4 is 5.32 Å². The number of nitrogens with one attached hydrogen (secondary N) is 1. The third-order valence-electron chi connectivity index (χ3n) is 4.70. The number of aromatic nitrogens is 2. The number of piperidine rings is 1. The fraction of sp³-hybridized carbons (Fsp3) is 0.526. The zero-order valence-corrected chi connectivity index (χ0v) is 15.3. The van der Waals surface area contributed by atoms with Gasteiger partial charge in [-0.1, -0.05) is 17.3 Å². The molecule has 2 atom stereocenters. The van der Waals surface area contributed by atoms with E-state index >= 15 is 0 Å². The number of carbonyl (C=O) groups is 1. The van der Waals surface area contributed by atoms with Gasteiger partial charge in [0.25, 0.3) is 0 Å². The summed E-state index contributed by atoms with van der Waals surface area (Å²) < 4.78 is 5.03. The number of rotatable bonds is 5. The molecule has 0 spiro atoms. The minimum Gasteiger partial charge on any atom is -0.508 e. The molecular weight excluding hydrogens is 332 g/mol. The van der Waals surface area contributed by atoms with Gasteiger partial charge >= 0.3 is 6.03 Å². The van der Waals surface area contributed by atoms with Crippen LogP contribution in [0.2, 0.25) is 0 Å². The minimum atomic E-state index is -0.0229. The standard InChI is InChI=1S/C19H26N4O3/c1-13(10-15-5-7-17(24)8-6-15)20-19(25)23-9-3-4-16(12-23)11-18-21-14(2)26-22-18/h5-8,13,16,24H,3-4,9-12H2,1-2H3,(H,20,25). The van der Waals surface area contributed by atoms with Gasteiger partial charge in [0.2, 0.25) is 5.89 Å². The van der Waals surface area contributed by atoms with Gasteiger partial charge < -0.3 is 19.8 Å². The second-order valence-electron chi connectivity index (χ2n) is 7.11. The summed E-state index contributed by atoms with van der Waals surface area (Å²) in [4.78, 5) is 18.7. The smallest absolute Gasteiger partial charge is 0.317 e. The number of urea groups is 1. The second kappa shape index (κ2) is 8.21. The van der Waals surface area contributed by atoms with E-state index in [4.69, 9.17) is 4.52 Å². The number of amides is 2. The maximum absolute atomic E-state index is 12.6. The topological polar surface area (TPSA) is 91.5 Å². The number of nitrogens with zero attached hydrogens (tertiary/aromatic N) is 3. The van der Waals surface area contributed by atoms with Crippen molar-refractivity contribution in [1.82, 2.24) is 20.4 Å². The Bertz CT molecular complexity index is 729. The number of carbonyl (C=O) groups excluding carboxylic acids is 1. The van der Waals surface area contributed by atoms with Gasteiger partial charge in [-0.15, -0.1) is 0 Å². The zero-order chi connectivity index (χ0) is 18.5. The quantitative estimate of drug-likeness (QED) is 0.857. The summed E-state index contributed by atoms with van der Waals surface area (Å²) in [5.41, 5.74) is 1.08. The number of aromatic hydroxyl groups is 1. The van der Waals surface area contributed by atoms with E-state index in [0.717, 1.165) is 43.6 Å². The molecule has 140 valence electrons. The van der Waals surface area contributed by atoms with Crippen LogP contribution in [0.25, 0.3) is 0 Å². The summed E-state index contributed by atoms with van der Waals surface area (Å²) in [5.74, 6) is 1.91. The molecule has 1 fully saturated rings. The van der Waals surface area contributed by atoms with Crippen molar-refractivity contribution in [2.45, 2.75) is 45.6 Å². The van der Waals surface area contributed by atoms with E-state index in [-0.39, 0.29) is 17.8 Å². The van der Waals surface area contributed by atoms with Crippen LogP contribution in [0.3, 0.4) is 0 Å². The first kappa shape index (κ1) is 18.2. The molecule has 1 saturated heterocycles. The van der Waals surface area contributed by atoms with E-state index in [1.165, 1.54) is 0 Å². The van der Waals surface area contributed by atoms with Crippen molar-refractivity contribution >= 4 is 6.03 Å². The summed E-state index contributed by atoms with van der Waals surface area (Å²) in [5, 5.41) is 16.4. The Labute approximate surface area is 153 Å². The molecule has 1 aliphatic heterocycles. The molecule has 1 aliphatic rings. The lowest BCUT2D eigenvalue weighted by molar-refractivity contribution is 0.161. The average molecular weight is 358 g/mol. The van der Waals surface area contributed by atoms with Gasteiger partial charge in [-0.25, -0.2) is 4.79 Å². The number of phenols is 1. The maximum Gasteiger partial charge on any atom is 0.317 e. The summed E-state index contributed by atoms with van der Waals surface area (Å²) in [6, 6.07) is 7.08. The van der Waals surface area contributed by atoms with Crippen molar-refractivity contribution in [2.75, 3.05) is 13.1 Å². The molecule has 7 nitrogen and oxygen atoms in total. The van der Waals surface area contributed by atoms with Crippen molar-refractivity contribution in [3.63, 3.8) is 0 Å². The fourth-order valence-corrected chi connectivity index (χ4v) is 3.44. The molecule has 1 aromatic carbocycles. The predicted molar refractivity (Wildman–Crippen MR) is 96.8 cm³/mol. The molecule has 0 bridgehead atoms.